The molecule has 1 aliphatic carbocycles. The van der Waals surface area contributed by atoms with Crippen LogP contribution in [0.5, 0.6) is 0 Å². The van der Waals surface area contributed by atoms with Crippen LogP contribution in [0.25, 0.3) is 110 Å². The molecule has 0 bridgehead atoms. The molecule has 0 N–H and O–H groups in total. The molecule has 1 aliphatic rings. The van der Waals surface area contributed by atoms with Crippen LogP contribution in [0.2, 0.25) is 0 Å². The summed E-state index contributed by atoms with van der Waals surface area (Å²) < 4.78 is 6.37. The zero-order valence-electron chi connectivity index (χ0n) is 26.3. The van der Waals surface area contributed by atoms with Gasteiger partial charge in [0.1, 0.15) is 11.2 Å². The van der Waals surface area contributed by atoms with Crippen LogP contribution in [0.15, 0.2) is 162 Å². The predicted molar refractivity (Wildman–Crippen MR) is 203 cm³/mol. The van der Waals surface area contributed by atoms with Crippen molar-refractivity contribution in [1.82, 2.24) is 9.97 Å². The molecule has 0 aliphatic heterocycles. The van der Waals surface area contributed by atoms with E-state index in [2.05, 4.69) is 146 Å². The minimum atomic E-state index is 0.901. The fourth-order valence-electron chi connectivity index (χ4n) is 7.93. The average molecular weight is 623 g/mol. The lowest BCUT2D eigenvalue weighted by Gasteiger charge is -2.11. The summed E-state index contributed by atoms with van der Waals surface area (Å²) in [4.78, 5) is 10.6. The van der Waals surface area contributed by atoms with Gasteiger partial charge in [-0.25, -0.2) is 9.97 Å². The fourth-order valence-corrected chi connectivity index (χ4v) is 7.93. The van der Waals surface area contributed by atoms with Gasteiger partial charge in [0.25, 0.3) is 0 Å². The number of para-hydroxylation sites is 2. The van der Waals surface area contributed by atoms with E-state index < -0.39 is 0 Å². The topological polar surface area (TPSA) is 38.9 Å². The van der Waals surface area contributed by atoms with Crippen molar-refractivity contribution in [1.29, 1.82) is 0 Å². The van der Waals surface area contributed by atoms with E-state index in [9.17, 15) is 0 Å². The first-order valence-electron chi connectivity index (χ1n) is 16.7. The van der Waals surface area contributed by atoms with Crippen molar-refractivity contribution in [3.63, 3.8) is 0 Å². The highest BCUT2D eigenvalue weighted by Crippen LogP contribution is 2.49. The zero-order valence-corrected chi connectivity index (χ0v) is 26.3. The van der Waals surface area contributed by atoms with E-state index in [1.807, 2.05) is 12.1 Å². The number of furan rings is 1. The molecule has 0 amide bonds. The Hall–Kier alpha value is -6.58. The summed E-state index contributed by atoms with van der Waals surface area (Å²) in [5, 5.41) is 6.93. The second kappa shape index (κ2) is 9.96. The van der Waals surface area contributed by atoms with Crippen LogP contribution in [-0.4, -0.2) is 9.97 Å². The van der Waals surface area contributed by atoms with Gasteiger partial charge >= 0.3 is 0 Å². The van der Waals surface area contributed by atoms with Crippen LogP contribution >= 0.6 is 0 Å². The number of aromatic nitrogens is 2. The summed E-state index contributed by atoms with van der Waals surface area (Å²) in [5.41, 5.74) is 15.0. The van der Waals surface area contributed by atoms with Crippen molar-refractivity contribution in [2.75, 3.05) is 0 Å². The van der Waals surface area contributed by atoms with Gasteiger partial charge in [-0.15, -0.1) is 0 Å². The summed E-state index contributed by atoms with van der Waals surface area (Å²) >= 11 is 0. The fraction of sp³-hybridized carbons (Fsp3) is 0. The molecule has 3 heteroatoms. The Morgan fingerprint density at radius 2 is 0.939 bits per heavy atom. The number of fused-ring (bicyclic) bond motifs is 9. The molecule has 10 aromatic rings. The van der Waals surface area contributed by atoms with E-state index in [1.54, 1.807) is 0 Å². The second-order valence-corrected chi connectivity index (χ2v) is 12.9. The highest BCUT2D eigenvalue weighted by Gasteiger charge is 2.22. The molecule has 7 aromatic carbocycles. The SMILES string of the molecule is c1cc(-c2ccc3ccc4ccc(-c5ccc6c7c(cccc57)-c5ccccc5-6)nc4c3n2)cc(-c2cccc3c2oc2ccccc23)c1. The number of benzene rings is 7. The lowest BCUT2D eigenvalue weighted by atomic mass is 9.96. The van der Waals surface area contributed by atoms with Crippen LogP contribution in [0.3, 0.4) is 0 Å². The quantitative estimate of drug-likeness (QED) is 0.184. The Labute approximate surface area is 281 Å². The number of rotatable bonds is 3. The molecule has 3 nitrogen and oxygen atoms in total. The molecule has 49 heavy (non-hydrogen) atoms. The smallest absolute Gasteiger partial charge is 0.143 e. The van der Waals surface area contributed by atoms with E-state index in [-0.39, 0.29) is 0 Å². The van der Waals surface area contributed by atoms with Gasteiger partial charge in [0.05, 0.1) is 22.4 Å². The number of hydrogen-bond acceptors (Lipinski definition) is 3. The number of pyridine rings is 2. The molecule has 0 saturated carbocycles. The lowest BCUT2D eigenvalue weighted by molar-refractivity contribution is 0.670. The van der Waals surface area contributed by atoms with Gasteiger partial charge in [-0.05, 0) is 62.9 Å². The molecule has 0 radical (unpaired) electrons. The standard InChI is InChI=1S/C46H26N2O/c1-2-11-33-32(10-1)36-14-7-15-37-34(22-23-38(33)43(36)37)41-25-21-28-19-18-27-20-24-40(47-44(27)45(28)48-41)30-9-5-8-29(26-30)31-13-6-16-39-35-12-3-4-17-42(35)49-46(31)39/h1-26H. The normalized spacial score (nSPS) is 12.1. The highest BCUT2D eigenvalue weighted by atomic mass is 16.3. The third kappa shape index (κ3) is 3.84. The van der Waals surface area contributed by atoms with E-state index in [0.717, 1.165) is 77.4 Å². The Bertz CT molecular complexity index is 2980. The molecular weight excluding hydrogens is 597 g/mol. The average Bonchev–Trinajstić information content (AvgIpc) is 3.71. The van der Waals surface area contributed by atoms with Crippen molar-refractivity contribution >= 4 is 54.5 Å². The van der Waals surface area contributed by atoms with Gasteiger partial charge in [0.2, 0.25) is 0 Å². The molecule has 11 rings (SSSR count). The van der Waals surface area contributed by atoms with E-state index >= 15 is 0 Å². The van der Waals surface area contributed by atoms with Crippen molar-refractivity contribution in [3.05, 3.63) is 158 Å². The Kier molecular flexibility index (Phi) is 5.38. The Morgan fingerprint density at radius 1 is 0.367 bits per heavy atom. The first kappa shape index (κ1) is 26.5. The van der Waals surface area contributed by atoms with Crippen LogP contribution in [0, 0.1) is 0 Å². The van der Waals surface area contributed by atoms with Crippen LogP contribution in [0.1, 0.15) is 0 Å². The van der Waals surface area contributed by atoms with Gasteiger partial charge in [0, 0.05) is 38.2 Å². The van der Waals surface area contributed by atoms with Crippen molar-refractivity contribution in [2.45, 2.75) is 0 Å². The predicted octanol–water partition coefficient (Wildman–Crippen LogP) is 12.5. The van der Waals surface area contributed by atoms with E-state index in [4.69, 9.17) is 14.4 Å². The third-order valence-corrected chi connectivity index (χ3v) is 10.2. The third-order valence-electron chi connectivity index (χ3n) is 10.2. The van der Waals surface area contributed by atoms with Crippen molar-refractivity contribution < 1.29 is 4.42 Å². The molecule has 3 heterocycles. The monoisotopic (exact) mass is 622 g/mol. The number of hydrogen-bond donors (Lipinski definition) is 0. The maximum absolute atomic E-state index is 6.37. The largest absolute Gasteiger partial charge is 0.455 e. The maximum Gasteiger partial charge on any atom is 0.143 e. The summed E-state index contributed by atoms with van der Waals surface area (Å²) in [7, 11) is 0. The molecule has 0 atom stereocenters. The molecular formula is C46H26N2O. The maximum atomic E-state index is 6.37. The first-order chi connectivity index (χ1) is 24.3. The van der Waals surface area contributed by atoms with E-state index in [0.29, 0.717) is 0 Å². The van der Waals surface area contributed by atoms with Gasteiger partial charge in [-0.1, -0.05) is 133 Å². The molecule has 0 spiro atoms. The van der Waals surface area contributed by atoms with Crippen LogP contribution in [-0.2, 0) is 0 Å². The van der Waals surface area contributed by atoms with Crippen molar-refractivity contribution in [3.8, 4) is 55.9 Å². The minimum Gasteiger partial charge on any atom is -0.455 e. The minimum absolute atomic E-state index is 0.901. The lowest BCUT2D eigenvalue weighted by Crippen LogP contribution is -1.92. The summed E-state index contributed by atoms with van der Waals surface area (Å²) in [5.74, 6) is 0. The van der Waals surface area contributed by atoms with Crippen LogP contribution in [0.4, 0.5) is 0 Å². The Morgan fingerprint density at radius 3 is 1.78 bits per heavy atom. The Balaban J connectivity index is 1.06. The molecule has 0 fully saturated rings. The van der Waals surface area contributed by atoms with Gasteiger partial charge < -0.3 is 4.42 Å². The van der Waals surface area contributed by atoms with Gasteiger partial charge in [0.15, 0.2) is 0 Å². The summed E-state index contributed by atoms with van der Waals surface area (Å²) in [6.45, 7) is 0. The molecule has 226 valence electrons. The molecule has 0 unspecified atom stereocenters. The van der Waals surface area contributed by atoms with Crippen molar-refractivity contribution in [2.24, 2.45) is 0 Å². The molecule has 0 saturated heterocycles. The van der Waals surface area contributed by atoms with E-state index in [1.165, 1.54) is 33.0 Å². The van der Waals surface area contributed by atoms with Gasteiger partial charge in [-0.2, -0.15) is 0 Å². The molecule has 3 aromatic heterocycles. The zero-order chi connectivity index (χ0) is 32.1. The highest BCUT2D eigenvalue weighted by molar-refractivity contribution is 6.19. The van der Waals surface area contributed by atoms with Crippen LogP contribution < -0.4 is 0 Å². The van der Waals surface area contributed by atoms with Gasteiger partial charge in [-0.3, -0.25) is 0 Å². The second-order valence-electron chi connectivity index (χ2n) is 12.9. The first-order valence-corrected chi connectivity index (χ1v) is 16.7. The summed E-state index contributed by atoms with van der Waals surface area (Å²) in [6, 6.07) is 55.9. The number of nitrogens with zero attached hydrogens (tertiary/aromatic N) is 2. The summed E-state index contributed by atoms with van der Waals surface area (Å²) in [6.07, 6.45) is 0.